The summed E-state index contributed by atoms with van der Waals surface area (Å²) in [6.07, 6.45) is 1.05. The summed E-state index contributed by atoms with van der Waals surface area (Å²) >= 11 is 0. The molecule has 142 valence electrons. The quantitative estimate of drug-likeness (QED) is 0.728. The summed E-state index contributed by atoms with van der Waals surface area (Å²) in [6, 6.07) is 18.7. The van der Waals surface area contributed by atoms with Crippen LogP contribution in [0.5, 0.6) is 0 Å². The van der Waals surface area contributed by atoms with Gasteiger partial charge in [-0.15, -0.1) is 0 Å². The second kappa shape index (κ2) is 8.35. The Balaban J connectivity index is 1.95. The molecule has 0 bridgehead atoms. The number of benzene rings is 2. The monoisotopic (exact) mass is 367 g/mol. The minimum Gasteiger partial charge on any atom is -0.450 e. The summed E-state index contributed by atoms with van der Waals surface area (Å²) in [4.78, 5) is 25.6. The van der Waals surface area contributed by atoms with Crippen molar-refractivity contribution in [2.75, 3.05) is 6.61 Å². The third-order valence-electron chi connectivity index (χ3n) is 4.59. The molecule has 27 heavy (non-hydrogen) atoms. The fourth-order valence-corrected chi connectivity index (χ4v) is 3.03. The van der Waals surface area contributed by atoms with Crippen LogP contribution in [0.4, 0.5) is 0 Å². The first-order valence-corrected chi connectivity index (χ1v) is 9.34. The van der Waals surface area contributed by atoms with E-state index >= 15 is 0 Å². The Labute approximate surface area is 159 Å². The highest BCUT2D eigenvalue weighted by Crippen LogP contribution is 2.35. The number of hydrogen-bond acceptors (Lipinski definition) is 4. The van der Waals surface area contributed by atoms with E-state index in [-0.39, 0.29) is 11.9 Å². The van der Waals surface area contributed by atoms with E-state index in [4.69, 9.17) is 9.47 Å². The van der Waals surface area contributed by atoms with Crippen LogP contribution in [0.1, 0.15) is 37.8 Å². The van der Waals surface area contributed by atoms with Gasteiger partial charge in [-0.1, -0.05) is 60.7 Å². The summed E-state index contributed by atoms with van der Waals surface area (Å²) < 4.78 is 11.6. The van der Waals surface area contributed by atoms with Gasteiger partial charge in [-0.3, -0.25) is 4.79 Å². The lowest BCUT2D eigenvalue weighted by molar-refractivity contribution is -0.175. The van der Waals surface area contributed by atoms with E-state index in [1.165, 1.54) is 0 Å². The van der Waals surface area contributed by atoms with Crippen molar-refractivity contribution in [3.63, 3.8) is 0 Å². The van der Waals surface area contributed by atoms with Crippen molar-refractivity contribution in [2.45, 2.75) is 44.4 Å². The Bertz CT molecular complexity index is 732. The molecule has 1 aliphatic rings. The topological polar surface area (TPSA) is 64.6 Å². The lowest BCUT2D eigenvalue weighted by Gasteiger charge is -2.33. The van der Waals surface area contributed by atoms with Crippen molar-refractivity contribution in [2.24, 2.45) is 0 Å². The SMILES string of the molecule is CCOC(C(=O)O[C@@H](C)C(=O)NC1CC1)(c1ccccc1)c1ccccc1. The molecule has 1 atom stereocenters. The van der Waals surface area contributed by atoms with Crippen LogP contribution in [0.15, 0.2) is 60.7 Å². The lowest BCUT2D eigenvalue weighted by Crippen LogP contribution is -2.45. The second-order valence-electron chi connectivity index (χ2n) is 6.68. The van der Waals surface area contributed by atoms with Crippen molar-refractivity contribution in [1.82, 2.24) is 5.32 Å². The maximum absolute atomic E-state index is 13.3. The van der Waals surface area contributed by atoms with E-state index in [0.29, 0.717) is 17.7 Å². The molecule has 5 heteroatoms. The van der Waals surface area contributed by atoms with Crippen LogP contribution in [-0.4, -0.2) is 30.6 Å². The average molecular weight is 367 g/mol. The van der Waals surface area contributed by atoms with Gasteiger partial charge in [-0.05, 0) is 37.8 Å². The van der Waals surface area contributed by atoms with Gasteiger partial charge in [0.1, 0.15) is 0 Å². The Hall–Kier alpha value is -2.66. The number of rotatable bonds is 8. The summed E-state index contributed by atoms with van der Waals surface area (Å²) in [7, 11) is 0. The van der Waals surface area contributed by atoms with Gasteiger partial charge >= 0.3 is 5.97 Å². The van der Waals surface area contributed by atoms with Gasteiger partial charge < -0.3 is 14.8 Å². The van der Waals surface area contributed by atoms with E-state index < -0.39 is 17.7 Å². The Morgan fingerprint density at radius 2 is 1.56 bits per heavy atom. The molecule has 1 fully saturated rings. The van der Waals surface area contributed by atoms with Crippen LogP contribution in [0.25, 0.3) is 0 Å². The molecule has 0 radical (unpaired) electrons. The van der Waals surface area contributed by atoms with Gasteiger partial charge in [-0.25, -0.2) is 4.79 Å². The number of esters is 1. The van der Waals surface area contributed by atoms with Crippen molar-refractivity contribution >= 4 is 11.9 Å². The third kappa shape index (κ3) is 4.19. The first-order valence-electron chi connectivity index (χ1n) is 9.34. The van der Waals surface area contributed by atoms with Gasteiger partial charge in [0.15, 0.2) is 6.10 Å². The van der Waals surface area contributed by atoms with Crippen molar-refractivity contribution in [3.05, 3.63) is 71.8 Å². The fourth-order valence-electron chi connectivity index (χ4n) is 3.03. The zero-order valence-corrected chi connectivity index (χ0v) is 15.7. The molecular formula is C22H25NO4. The van der Waals surface area contributed by atoms with Gasteiger partial charge in [0.25, 0.3) is 5.91 Å². The number of carbonyl (C=O) groups is 2. The predicted molar refractivity (Wildman–Crippen MR) is 102 cm³/mol. The van der Waals surface area contributed by atoms with Crippen LogP contribution >= 0.6 is 0 Å². The number of amides is 1. The maximum atomic E-state index is 13.3. The minimum atomic E-state index is -1.43. The molecule has 0 unspecified atom stereocenters. The molecule has 0 heterocycles. The zero-order valence-electron chi connectivity index (χ0n) is 15.7. The summed E-state index contributed by atoms with van der Waals surface area (Å²) in [5.41, 5.74) is -0.0959. The first kappa shape index (κ1) is 19.1. The van der Waals surface area contributed by atoms with Crippen molar-refractivity contribution in [3.8, 4) is 0 Å². The zero-order chi connectivity index (χ0) is 19.3. The standard InChI is InChI=1S/C22H25NO4/c1-3-26-22(17-10-6-4-7-11-17,18-12-8-5-9-13-18)21(25)27-16(2)20(24)23-19-14-15-19/h4-13,16,19H,3,14-15H2,1-2H3,(H,23,24)/t16-/m0/s1. The van der Waals surface area contributed by atoms with Crippen LogP contribution in [0.3, 0.4) is 0 Å². The number of hydrogen-bond donors (Lipinski definition) is 1. The molecule has 1 aliphatic carbocycles. The van der Waals surface area contributed by atoms with E-state index in [1.54, 1.807) is 6.92 Å². The number of carbonyl (C=O) groups excluding carboxylic acids is 2. The van der Waals surface area contributed by atoms with E-state index in [2.05, 4.69) is 5.32 Å². The number of ether oxygens (including phenoxy) is 2. The van der Waals surface area contributed by atoms with Gasteiger partial charge in [0, 0.05) is 12.6 Å². The molecule has 2 aromatic carbocycles. The highest BCUT2D eigenvalue weighted by molar-refractivity contribution is 5.89. The Morgan fingerprint density at radius 3 is 2.00 bits per heavy atom. The number of nitrogens with one attached hydrogen (secondary N) is 1. The molecule has 3 rings (SSSR count). The largest absolute Gasteiger partial charge is 0.450 e. The average Bonchev–Trinajstić information content (AvgIpc) is 3.51. The summed E-state index contributed by atoms with van der Waals surface area (Å²) in [6.45, 7) is 3.72. The predicted octanol–water partition coefficient (Wildman–Crippen LogP) is 3.18. The molecule has 1 saturated carbocycles. The van der Waals surface area contributed by atoms with Crippen molar-refractivity contribution in [1.29, 1.82) is 0 Å². The molecule has 0 aromatic heterocycles. The van der Waals surface area contributed by atoms with E-state index in [9.17, 15) is 9.59 Å². The minimum absolute atomic E-state index is 0.207. The molecule has 0 aliphatic heterocycles. The summed E-state index contributed by atoms with van der Waals surface area (Å²) in [5.74, 6) is -0.877. The molecule has 1 amide bonds. The van der Waals surface area contributed by atoms with E-state index in [1.807, 2.05) is 67.6 Å². The molecular weight excluding hydrogens is 342 g/mol. The first-order chi connectivity index (χ1) is 13.1. The molecule has 1 N–H and O–H groups in total. The molecule has 5 nitrogen and oxygen atoms in total. The van der Waals surface area contributed by atoms with Gasteiger partial charge in [-0.2, -0.15) is 0 Å². The Morgan fingerprint density at radius 1 is 1.04 bits per heavy atom. The Kier molecular flexibility index (Phi) is 5.91. The normalized spacial score (nSPS) is 15.0. The highest BCUT2D eigenvalue weighted by Gasteiger charge is 2.46. The second-order valence-corrected chi connectivity index (χ2v) is 6.68. The van der Waals surface area contributed by atoms with Gasteiger partial charge in [0.2, 0.25) is 5.60 Å². The highest BCUT2D eigenvalue weighted by atomic mass is 16.6. The molecule has 2 aromatic rings. The van der Waals surface area contributed by atoms with Crippen LogP contribution in [0.2, 0.25) is 0 Å². The molecule has 0 spiro atoms. The van der Waals surface area contributed by atoms with Crippen molar-refractivity contribution < 1.29 is 19.1 Å². The van der Waals surface area contributed by atoms with Crippen LogP contribution < -0.4 is 5.32 Å². The van der Waals surface area contributed by atoms with Crippen LogP contribution in [-0.2, 0) is 24.7 Å². The van der Waals surface area contributed by atoms with E-state index in [0.717, 1.165) is 12.8 Å². The lowest BCUT2D eigenvalue weighted by atomic mass is 9.86. The third-order valence-corrected chi connectivity index (χ3v) is 4.59. The van der Waals surface area contributed by atoms with Gasteiger partial charge in [0.05, 0.1) is 0 Å². The maximum Gasteiger partial charge on any atom is 0.348 e. The summed E-state index contributed by atoms with van der Waals surface area (Å²) in [5, 5.41) is 2.87. The van der Waals surface area contributed by atoms with Crippen LogP contribution in [0, 0.1) is 0 Å². The molecule has 0 saturated heterocycles. The smallest absolute Gasteiger partial charge is 0.348 e. The fraction of sp³-hybridized carbons (Fsp3) is 0.364.